The molecule has 2 aliphatic rings. The van der Waals surface area contributed by atoms with Crippen molar-refractivity contribution in [2.75, 3.05) is 7.11 Å². The van der Waals surface area contributed by atoms with Gasteiger partial charge in [0.15, 0.2) is 6.10 Å². The maximum absolute atomic E-state index is 13.1. The van der Waals surface area contributed by atoms with Crippen LogP contribution in [0, 0.1) is 0 Å². The molecule has 1 fully saturated rings. The number of benzene rings is 1. The molecule has 0 bridgehead atoms. The highest BCUT2D eigenvalue weighted by Crippen LogP contribution is 2.44. The molecular formula is C22H25NO6. The lowest BCUT2D eigenvalue weighted by Gasteiger charge is -2.32. The first-order valence-corrected chi connectivity index (χ1v) is 9.59. The van der Waals surface area contributed by atoms with Gasteiger partial charge < -0.3 is 19.9 Å². The average molecular weight is 399 g/mol. The van der Waals surface area contributed by atoms with E-state index in [0.717, 1.165) is 6.42 Å². The molecule has 2 aliphatic heterocycles. The maximum Gasteiger partial charge on any atom is 0.278 e. The van der Waals surface area contributed by atoms with Crippen molar-refractivity contribution in [1.82, 2.24) is 5.32 Å². The van der Waals surface area contributed by atoms with Crippen LogP contribution in [0.25, 0.3) is 0 Å². The van der Waals surface area contributed by atoms with Gasteiger partial charge >= 0.3 is 0 Å². The SMILES string of the molecule is CCC=CCCC1=C(C)C(=O)[C@]2(O1)C(=O)N[C@](OC)(C(=O)c1ccccc1)[C@@H]2O. The molecular weight excluding hydrogens is 374 g/mol. The minimum Gasteiger partial charge on any atom is -0.470 e. The molecule has 1 aromatic rings. The zero-order valence-electron chi connectivity index (χ0n) is 16.7. The third-order valence-corrected chi connectivity index (χ3v) is 5.42. The Morgan fingerprint density at radius 3 is 2.59 bits per heavy atom. The van der Waals surface area contributed by atoms with Crippen molar-refractivity contribution in [3.63, 3.8) is 0 Å². The number of Topliss-reactive ketones (excluding diaryl/α,β-unsaturated/α-hetero) is 2. The number of ether oxygens (including phenoxy) is 2. The molecule has 2 N–H and O–H groups in total. The van der Waals surface area contributed by atoms with E-state index in [4.69, 9.17) is 9.47 Å². The zero-order valence-corrected chi connectivity index (χ0v) is 16.7. The molecule has 0 unspecified atom stereocenters. The van der Waals surface area contributed by atoms with Gasteiger partial charge in [0.25, 0.3) is 11.5 Å². The van der Waals surface area contributed by atoms with E-state index in [0.29, 0.717) is 18.6 Å². The number of aliphatic hydroxyl groups excluding tert-OH is 1. The highest BCUT2D eigenvalue weighted by atomic mass is 16.6. The first-order valence-electron chi connectivity index (χ1n) is 9.59. The van der Waals surface area contributed by atoms with E-state index in [-0.39, 0.29) is 11.1 Å². The van der Waals surface area contributed by atoms with Crippen molar-refractivity contribution in [3.8, 4) is 0 Å². The maximum atomic E-state index is 13.1. The van der Waals surface area contributed by atoms with E-state index >= 15 is 0 Å². The predicted molar refractivity (Wildman–Crippen MR) is 105 cm³/mol. The van der Waals surface area contributed by atoms with Gasteiger partial charge in [0.2, 0.25) is 17.3 Å². The van der Waals surface area contributed by atoms with Crippen LogP contribution in [0.5, 0.6) is 0 Å². The molecule has 3 rings (SSSR count). The molecule has 154 valence electrons. The summed E-state index contributed by atoms with van der Waals surface area (Å²) in [4.78, 5) is 39.1. The lowest BCUT2D eigenvalue weighted by Crippen LogP contribution is -2.60. The van der Waals surface area contributed by atoms with E-state index in [1.807, 2.05) is 19.1 Å². The molecule has 1 saturated heterocycles. The van der Waals surface area contributed by atoms with Crippen molar-refractivity contribution in [2.24, 2.45) is 0 Å². The molecule has 7 nitrogen and oxygen atoms in total. The van der Waals surface area contributed by atoms with E-state index in [9.17, 15) is 19.5 Å². The van der Waals surface area contributed by atoms with Gasteiger partial charge in [-0.25, -0.2) is 0 Å². The van der Waals surface area contributed by atoms with Gasteiger partial charge in [-0.05, 0) is 19.8 Å². The number of nitrogens with one attached hydrogen (secondary N) is 1. The van der Waals surface area contributed by atoms with E-state index in [1.54, 1.807) is 37.3 Å². The quantitative estimate of drug-likeness (QED) is 0.413. The summed E-state index contributed by atoms with van der Waals surface area (Å²) < 4.78 is 11.1. The Balaban J connectivity index is 1.94. The monoisotopic (exact) mass is 399 g/mol. The Morgan fingerprint density at radius 1 is 1.28 bits per heavy atom. The van der Waals surface area contributed by atoms with Gasteiger partial charge in [0.1, 0.15) is 5.76 Å². The molecule has 0 aromatic heterocycles. The van der Waals surface area contributed by atoms with Crippen LogP contribution in [0.2, 0.25) is 0 Å². The Morgan fingerprint density at radius 2 is 1.97 bits per heavy atom. The second-order valence-corrected chi connectivity index (χ2v) is 7.12. The lowest BCUT2D eigenvalue weighted by molar-refractivity contribution is -0.160. The highest BCUT2D eigenvalue weighted by Gasteiger charge is 2.73. The van der Waals surface area contributed by atoms with Crippen molar-refractivity contribution < 1.29 is 29.0 Å². The number of carbonyl (C=O) groups is 3. The Labute approximate surface area is 169 Å². The van der Waals surface area contributed by atoms with Crippen LogP contribution in [-0.4, -0.2) is 47.1 Å². The van der Waals surface area contributed by atoms with Gasteiger partial charge in [-0.2, -0.15) is 0 Å². The summed E-state index contributed by atoms with van der Waals surface area (Å²) in [7, 11) is 1.19. The largest absolute Gasteiger partial charge is 0.470 e. The second-order valence-electron chi connectivity index (χ2n) is 7.12. The van der Waals surface area contributed by atoms with Crippen LogP contribution in [-0.2, 0) is 19.1 Å². The van der Waals surface area contributed by atoms with Crippen LogP contribution < -0.4 is 5.32 Å². The fraction of sp³-hybridized carbons (Fsp3) is 0.409. The van der Waals surface area contributed by atoms with Crippen LogP contribution in [0.4, 0.5) is 0 Å². The number of carbonyl (C=O) groups excluding carboxylic acids is 3. The predicted octanol–water partition coefficient (Wildman–Crippen LogP) is 2.06. The van der Waals surface area contributed by atoms with E-state index < -0.39 is 34.9 Å². The number of amides is 1. The molecule has 0 saturated carbocycles. The Bertz CT molecular complexity index is 890. The van der Waals surface area contributed by atoms with Crippen LogP contribution >= 0.6 is 0 Å². The summed E-state index contributed by atoms with van der Waals surface area (Å²) in [6.07, 6.45) is 4.02. The van der Waals surface area contributed by atoms with Crippen LogP contribution in [0.3, 0.4) is 0 Å². The standard InChI is InChI=1S/C22H25NO6/c1-4-5-6-10-13-16-14(2)17(24)21(29-16)19(26)22(28-3,23-20(21)27)18(25)15-11-8-7-9-12-15/h5-9,11-12,19,26H,4,10,13H2,1-3H3,(H,23,27)/t19-,21-,22+/m1/s1. The third kappa shape index (κ3) is 3.10. The molecule has 3 atom stereocenters. The van der Waals surface area contributed by atoms with Crippen LogP contribution in [0.1, 0.15) is 43.5 Å². The minimum atomic E-state index is -2.23. The number of hydrogen-bond donors (Lipinski definition) is 2. The Kier molecular flexibility index (Phi) is 5.73. The zero-order chi connectivity index (χ0) is 21.2. The molecule has 0 radical (unpaired) electrons. The number of aliphatic hydroxyl groups is 1. The van der Waals surface area contributed by atoms with Gasteiger partial charge in [-0.15, -0.1) is 0 Å². The van der Waals surface area contributed by atoms with Gasteiger partial charge in [-0.1, -0.05) is 49.4 Å². The fourth-order valence-corrected chi connectivity index (χ4v) is 3.77. The smallest absolute Gasteiger partial charge is 0.278 e. The summed E-state index contributed by atoms with van der Waals surface area (Å²) in [5.41, 5.74) is -3.85. The third-order valence-electron chi connectivity index (χ3n) is 5.42. The van der Waals surface area contributed by atoms with E-state index in [1.165, 1.54) is 7.11 Å². The first-order chi connectivity index (χ1) is 13.8. The molecule has 1 spiro atoms. The summed E-state index contributed by atoms with van der Waals surface area (Å²) in [5.74, 6) is -1.87. The van der Waals surface area contributed by atoms with Crippen molar-refractivity contribution in [1.29, 1.82) is 0 Å². The summed E-state index contributed by atoms with van der Waals surface area (Å²) in [5, 5.41) is 13.5. The molecule has 0 aliphatic carbocycles. The highest BCUT2D eigenvalue weighted by molar-refractivity contribution is 6.23. The normalized spacial score (nSPS) is 29.0. The summed E-state index contributed by atoms with van der Waals surface area (Å²) in [6, 6.07) is 8.12. The molecule has 2 heterocycles. The minimum absolute atomic E-state index is 0.228. The number of methoxy groups -OCH3 is 1. The molecule has 1 amide bonds. The summed E-state index contributed by atoms with van der Waals surface area (Å²) in [6.45, 7) is 3.57. The molecule has 29 heavy (non-hydrogen) atoms. The first kappa shape index (κ1) is 21.0. The van der Waals surface area contributed by atoms with Crippen molar-refractivity contribution in [3.05, 3.63) is 59.4 Å². The van der Waals surface area contributed by atoms with Gasteiger partial charge in [-0.3, -0.25) is 14.4 Å². The van der Waals surface area contributed by atoms with E-state index in [2.05, 4.69) is 5.32 Å². The summed E-state index contributed by atoms with van der Waals surface area (Å²) >= 11 is 0. The fourth-order valence-electron chi connectivity index (χ4n) is 3.77. The lowest BCUT2D eigenvalue weighted by atomic mass is 9.85. The van der Waals surface area contributed by atoms with Crippen LogP contribution in [0.15, 0.2) is 53.8 Å². The number of allylic oxidation sites excluding steroid dienone is 3. The topological polar surface area (TPSA) is 102 Å². The van der Waals surface area contributed by atoms with Crippen molar-refractivity contribution >= 4 is 17.5 Å². The average Bonchev–Trinajstić information content (AvgIpc) is 3.13. The number of ketones is 2. The van der Waals surface area contributed by atoms with Gasteiger partial charge in [0.05, 0.1) is 0 Å². The van der Waals surface area contributed by atoms with Gasteiger partial charge in [0, 0.05) is 24.7 Å². The molecule has 7 heteroatoms. The Hall–Kier alpha value is -2.77. The number of rotatable bonds is 7. The molecule has 1 aromatic carbocycles. The van der Waals surface area contributed by atoms with Crippen molar-refractivity contribution in [2.45, 2.75) is 50.5 Å². The second kappa shape index (κ2) is 7.93. The number of hydrogen-bond acceptors (Lipinski definition) is 6.